The van der Waals surface area contributed by atoms with Crippen LogP contribution in [0.15, 0.2) is 6.07 Å². The molecule has 0 spiro atoms. The highest BCUT2D eigenvalue weighted by Gasteiger charge is 2.35. The number of hydrogen-bond donors (Lipinski definition) is 0. The number of nitrogens with zero attached hydrogens (tertiary/aromatic N) is 2. The standard InChI is InChI=1S/C11H12ClF3N2O2/c12-8-5-9(17-10(16-8)11(13,14)15)19-6-7-1-3-18-4-2-7/h5,7H,1-4,6H2. The van der Waals surface area contributed by atoms with E-state index in [1.807, 2.05) is 0 Å². The first-order chi connectivity index (χ1) is 8.95. The number of alkyl halides is 3. The second kappa shape index (κ2) is 5.92. The Labute approximate surface area is 112 Å². The van der Waals surface area contributed by atoms with Crippen LogP contribution in [-0.2, 0) is 10.9 Å². The molecule has 0 saturated carbocycles. The lowest BCUT2D eigenvalue weighted by Gasteiger charge is -2.21. The molecule has 0 radical (unpaired) electrons. The van der Waals surface area contributed by atoms with Gasteiger partial charge in [-0.2, -0.15) is 18.2 Å². The van der Waals surface area contributed by atoms with Crippen molar-refractivity contribution >= 4 is 11.6 Å². The van der Waals surface area contributed by atoms with Gasteiger partial charge in [0.15, 0.2) is 0 Å². The van der Waals surface area contributed by atoms with Crippen molar-refractivity contribution in [2.75, 3.05) is 19.8 Å². The van der Waals surface area contributed by atoms with Crippen molar-refractivity contribution in [2.45, 2.75) is 19.0 Å². The van der Waals surface area contributed by atoms with Crippen molar-refractivity contribution in [3.63, 3.8) is 0 Å². The van der Waals surface area contributed by atoms with Crippen molar-refractivity contribution < 1.29 is 22.6 Å². The summed E-state index contributed by atoms with van der Waals surface area (Å²) in [5, 5.41) is -0.288. The molecular formula is C11H12ClF3N2O2. The van der Waals surface area contributed by atoms with Crippen molar-refractivity contribution in [2.24, 2.45) is 5.92 Å². The summed E-state index contributed by atoms with van der Waals surface area (Å²) in [7, 11) is 0. The number of aromatic nitrogens is 2. The molecule has 0 atom stereocenters. The highest BCUT2D eigenvalue weighted by Crippen LogP contribution is 2.29. The molecule has 0 aromatic carbocycles. The van der Waals surface area contributed by atoms with Crippen LogP contribution in [0.2, 0.25) is 5.15 Å². The maximum atomic E-state index is 12.5. The van der Waals surface area contributed by atoms with E-state index in [2.05, 4.69) is 9.97 Å². The maximum Gasteiger partial charge on any atom is 0.451 e. The van der Waals surface area contributed by atoms with Gasteiger partial charge in [-0.1, -0.05) is 11.6 Å². The fraction of sp³-hybridized carbons (Fsp3) is 0.636. The smallest absolute Gasteiger partial charge is 0.451 e. The van der Waals surface area contributed by atoms with Crippen LogP contribution in [0.25, 0.3) is 0 Å². The van der Waals surface area contributed by atoms with Crippen LogP contribution >= 0.6 is 11.6 Å². The van der Waals surface area contributed by atoms with E-state index in [9.17, 15) is 13.2 Å². The summed E-state index contributed by atoms with van der Waals surface area (Å²) < 4.78 is 47.9. The minimum Gasteiger partial charge on any atom is -0.477 e. The molecular weight excluding hydrogens is 285 g/mol. The molecule has 0 N–H and O–H groups in total. The fourth-order valence-electron chi connectivity index (χ4n) is 1.71. The van der Waals surface area contributed by atoms with Crippen LogP contribution in [0.5, 0.6) is 5.88 Å². The Kier molecular flexibility index (Phi) is 4.46. The third kappa shape index (κ3) is 4.21. The molecule has 19 heavy (non-hydrogen) atoms. The fourth-order valence-corrected chi connectivity index (χ4v) is 1.89. The lowest BCUT2D eigenvalue weighted by molar-refractivity contribution is -0.145. The van der Waals surface area contributed by atoms with Gasteiger partial charge in [0.05, 0.1) is 6.61 Å². The Hall–Kier alpha value is -1.08. The number of halogens is 4. The monoisotopic (exact) mass is 296 g/mol. The summed E-state index contributed by atoms with van der Waals surface area (Å²) >= 11 is 5.53. The van der Waals surface area contributed by atoms with Gasteiger partial charge in [-0.3, -0.25) is 0 Å². The lowest BCUT2D eigenvalue weighted by atomic mass is 10.0. The van der Waals surface area contributed by atoms with Crippen LogP contribution in [0.4, 0.5) is 13.2 Å². The number of hydrogen-bond acceptors (Lipinski definition) is 4. The minimum absolute atomic E-state index is 0.154. The quantitative estimate of drug-likeness (QED) is 0.805. The molecule has 0 unspecified atom stereocenters. The summed E-state index contributed by atoms with van der Waals surface area (Å²) in [5.74, 6) is -1.18. The molecule has 0 aliphatic carbocycles. The Morgan fingerprint density at radius 2 is 2.00 bits per heavy atom. The summed E-state index contributed by atoms with van der Waals surface area (Å²) in [5.41, 5.74) is 0. The van der Waals surface area contributed by atoms with Crippen LogP contribution in [0.1, 0.15) is 18.7 Å². The largest absolute Gasteiger partial charge is 0.477 e. The van der Waals surface area contributed by atoms with Gasteiger partial charge in [0, 0.05) is 19.3 Å². The molecule has 1 fully saturated rings. The van der Waals surface area contributed by atoms with Gasteiger partial charge < -0.3 is 9.47 Å². The zero-order valence-corrected chi connectivity index (χ0v) is 10.7. The third-order valence-electron chi connectivity index (χ3n) is 2.73. The second-order valence-corrected chi connectivity index (χ2v) is 4.60. The van der Waals surface area contributed by atoms with E-state index >= 15 is 0 Å². The van der Waals surface area contributed by atoms with E-state index in [0.717, 1.165) is 12.8 Å². The number of ether oxygens (including phenoxy) is 2. The average molecular weight is 297 g/mol. The third-order valence-corrected chi connectivity index (χ3v) is 2.93. The lowest BCUT2D eigenvalue weighted by Crippen LogP contribution is -2.22. The van der Waals surface area contributed by atoms with E-state index in [1.165, 1.54) is 6.07 Å². The van der Waals surface area contributed by atoms with Crippen molar-refractivity contribution in [1.82, 2.24) is 9.97 Å². The van der Waals surface area contributed by atoms with Gasteiger partial charge in [0.1, 0.15) is 5.15 Å². The molecule has 2 rings (SSSR count). The van der Waals surface area contributed by atoms with Gasteiger partial charge in [-0.25, -0.2) is 4.98 Å². The first-order valence-corrected chi connectivity index (χ1v) is 6.15. The van der Waals surface area contributed by atoms with E-state index in [0.29, 0.717) is 19.8 Å². The van der Waals surface area contributed by atoms with Gasteiger partial charge in [0.2, 0.25) is 11.7 Å². The van der Waals surface area contributed by atoms with E-state index in [4.69, 9.17) is 21.1 Å². The first-order valence-electron chi connectivity index (χ1n) is 5.77. The van der Waals surface area contributed by atoms with Crippen LogP contribution in [-0.4, -0.2) is 29.8 Å². The minimum atomic E-state index is -4.64. The topological polar surface area (TPSA) is 44.2 Å². The molecule has 1 aromatic heterocycles. The predicted octanol–water partition coefficient (Wildman–Crippen LogP) is 2.95. The summed E-state index contributed by atoms with van der Waals surface area (Å²) in [6.07, 6.45) is -2.99. The Morgan fingerprint density at radius 1 is 1.32 bits per heavy atom. The zero-order chi connectivity index (χ0) is 13.9. The Bertz CT molecular complexity index is 436. The molecule has 0 amide bonds. The molecule has 4 nitrogen and oxygen atoms in total. The molecule has 1 aromatic rings. The van der Waals surface area contributed by atoms with Crippen molar-refractivity contribution in [3.8, 4) is 5.88 Å². The van der Waals surface area contributed by atoms with Gasteiger partial charge in [-0.15, -0.1) is 0 Å². The van der Waals surface area contributed by atoms with Gasteiger partial charge >= 0.3 is 6.18 Å². The SMILES string of the molecule is FC(F)(F)c1nc(Cl)cc(OCC2CCOCC2)n1. The molecule has 8 heteroatoms. The highest BCUT2D eigenvalue weighted by atomic mass is 35.5. The molecule has 1 aliphatic heterocycles. The van der Waals surface area contributed by atoms with Crippen molar-refractivity contribution in [3.05, 3.63) is 17.0 Å². The van der Waals surface area contributed by atoms with E-state index in [-0.39, 0.29) is 17.0 Å². The van der Waals surface area contributed by atoms with Crippen LogP contribution in [0, 0.1) is 5.92 Å². The Morgan fingerprint density at radius 3 is 2.63 bits per heavy atom. The highest BCUT2D eigenvalue weighted by molar-refractivity contribution is 6.29. The normalized spacial score (nSPS) is 17.5. The molecule has 1 aliphatic rings. The van der Waals surface area contributed by atoms with E-state index in [1.54, 1.807) is 0 Å². The summed E-state index contributed by atoms with van der Waals surface area (Å²) in [4.78, 5) is 6.44. The summed E-state index contributed by atoms with van der Waals surface area (Å²) in [6.45, 7) is 1.59. The zero-order valence-electron chi connectivity index (χ0n) is 9.91. The van der Waals surface area contributed by atoms with E-state index < -0.39 is 12.0 Å². The predicted molar refractivity (Wildman–Crippen MR) is 61.1 cm³/mol. The van der Waals surface area contributed by atoms with Crippen molar-refractivity contribution in [1.29, 1.82) is 0 Å². The van der Waals surface area contributed by atoms with Crippen LogP contribution < -0.4 is 4.74 Å². The van der Waals surface area contributed by atoms with Gasteiger partial charge in [-0.05, 0) is 18.8 Å². The molecule has 1 saturated heterocycles. The first kappa shape index (κ1) is 14.3. The maximum absolute atomic E-state index is 12.5. The molecule has 106 valence electrons. The molecule has 0 bridgehead atoms. The average Bonchev–Trinajstić information content (AvgIpc) is 2.36. The molecule has 2 heterocycles. The summed E-state index contributed by atoms with van der Waals surface area (Å²) in [6, 6.07) is 1.18. The number of rotatable bonds is 3. The second-order valence-electron chi connectivity index (χ2n) is 4.22. The van der Waals surface area contributed by atoms with Gasteiger partial charge in [0.25, 0.3) is 0 Å². The Balaban J connectivity index is 2.01. The van der Waals surface area contributed by atoms with Crippen LogP contribution in [0.3, 0.4) is 0 Å².